The van der Waals surface area contributed by atoms with E-state index in [0.717, 1.165) is 17.4 Å². The van der Waals surface area contributed by atoms with Gasteiger partial charge in [0.05, 0.1) is 15.4 Å². The van der Waals surface area contributed by atoms with Gasteiger partial charge in [-0.05, 0) is 24.3 Å². The Balaban J connectivity index is 2.16. The molecule has 1 amide bonds. The summed E-state index contributed by atoms with van der Waals surface area (Å²) in [7, 11) is 0. The highest BCUT2D eigenvalue weighted by molar-refractivity contribution is 7.14. The van der Waals surface area contributed by atoms with Crippen LogP contribution >= 0.6 is 11.3 Å². The zero-order valence-corrected chi connectivity index (χ0v) is 10.9. The maximum absolute atomic E-state index is 13.4. The smallest absolute Gasteiger partial charge is 0.265 e. The van der Waals surface area contributed by atoms with Gasteiger partial charge in [0, 0.05) is 0 Å². The Kier molecular flexibility index (Phi) is 4.45. The Hall–Kier alpha value is -2.23. The first-order valence-electron chi connectivity index (χ1n) is 5.56. The Morgan fingerprint density at radius 3 is 2.85 bits per heavy atom. The third-order valence-electron chi connectivity index (χ3n) is 2.32. The Morgan fingerprint density at radius 2 is 2.10 bits per heavy atom. The molecule has 2 rings (SSSR count). The molecule has 3 nitrogen and oxygen atoms in total. The van der Waals surface area contributed by atoms with E-state index in [9.17, 15) is 13.6 Å². The van der Waals surface area contributed by atoms with Gasteiger partial charge in [-0.3, -0.25) is 4.79 Å². The lowest BCUT2D eigenvalue weighted by atomic mass is 10.3. The van der Waals surface area contributed by atoms with Crippen LogP contribution in [0.5, 0.6) is 0 Å². The summed E-state index contributed by atoms with van der Waals surface area (Å²) in [5.74, 6) is 2.45. The third kappa shape index (κ3) is 3.20. The second-order valence-corrected chi connectivity index (χ2v) is 4.76. The average molecular weight is 293 g/mol. The van der Waals surface area contributed by atoms with Crippen molar-refractivity contribution in [2.75, 3.05) is 11.9 Å². The summed E-state index contributed by atoms with van der Waals surface area (Å²) in [5.41, 5.74) is -0.216. The molecule has 0 aliphatic rings. The molecular formula is C14H9F2NO2S. The van der Waals surface area contributed by atoms with E-state index in [1.54, 1.807) is 6.07 Å². The van der Waals surface area contributed by atoms with Crippen LogP contribution in [0.2, 0.25) is 0 Å². The first kappa shape index (κ1) is 14.2. The van der Waals surface area contributed by atoms with Crippen molar-refractivity contribution < 1.29 is 18.7 Å². The van der Waals surface area contributed by atoms with Crippen LogP contribution in [0.4, 0.5) is 14.5 Å². The number of aliphatic hydroxyl groups is 1. The maximum atomic E-state index is 13.4. The van der Waals surface area contributed by atoms with Crippen molar-refractivity contribution in [2.24, 2.45) is 0 Å². The van der Waals surface area contributed by atoms with E-state index in [0.29, 0.717) is 9.75 Å². The third-order valence-corrected chi connectivity index (χ3v) is 3.32. The van der Waals surface area contributed by atoms with Crippen molar-refractivity contribution in [2.45, 2.75) is 0 Å². The molecule has 2 aromatic rings. The number of rotatable bonds is 2. The minimum Gasteiger partial charge on any atom is -0.384 e. The van der Waals surface area contributed by atoms with Crippen molar-refractivity contribution in [3.05, 3.63) is 51.7 Å². The van der Waals surface area contributed by atoms with Crippen molar-refractivity contribution in [3.63, 3.8) is 0 Å². The molecule has 0 aliphatic carbocycles. The van der Waals surface area contributed by atoms with Crippen LogP contribution in [-0.2, 0) is 0 Å². The normalized spacial score (nSPS) is 9.75. The molecule has 0 atom stereocenters. The van der Waals surface area contributed by atoms with Crippen molar-refractivity contribution in [3.8, 4) is 11.8 Å². The molecule has 0 radical (unpaired) electrons. The van der Waals surface area contributed by atoms with Crippen LogP contribution in [0, 0.1) is 23.5 Å². The number of carbonyl (C=O) groups excluding carboxylic acids is 1. The van der Waals surface area contributed by atoms with Gasteiger partial charge in [0.1, 0.15) is 6.61 Å². The standard InChI is InChI=1S/C14H9F2NO2S/c15-10-4-1-5-11(13(10)16)17-14(19)12-7-6-9(20-12)3-2-8-18/h1,4-7,18H,8H2,(H,17,19). The highest BCUT2D eigenvalue weighted by atomic mass is 32.1. The molecule has 0 saturated heterocycles. The van der Waals surface area contributed by atoms with Gasteiger partial charge < -0.3 is 10.4 Å². The van der Waals surface area contributed by atoms with Gasteiger partial charge in [-0.15, -0.1) is 11.3 Å². The summed E-state index contributed by atoms with van der Waals surface area (Å²) >= 11 is 1.10. The van der Waals surface area contributed by atoms with E-state index in [1.807, 2.05) is 0 Å². The van der Waals surface area contributed by atoms with Crippen LogP contribution in [0.1, 0.15) is 14.5 Å². The number of aliphatic hydroxyl groups excluding tert-OH is 1. The summed E-state index contributed by atoms with van der Waals surface area (Å²) in [6.45, 7) is -0.270. The molecule has 102 valence electrons. The SMILES string of the molecule is O=C(Nc1cccc(F)c1F)c1ccc(C#CCO)s1. The second kappa shape index (κ2) is 6.28. The van der Waals surface area contributed by atoms with Crippen LogP contribution in [-0.4, -0.2) is 17.6 Å². The highest BCUT2D eigenvalue weighted by Crippen LogP contribution is 2.20. The molecule has 0 unspecified atom stereocenters. The van der Waals surface area contributed by atoms with Gasteiger partial charge >= 0.3 is 0 Å². The maximum Gasteiger partial charge on any atom is 0.265 e. The first-order valence-corrected chi connectivity index (χ1v) is 6.38. The quantitative estimate of drug-likeness (QED) is 0.836. The minimum absolute atomic E-state index is 0.216. The number of benzene rings is 1. The Morgan fingerprint density at radius 1 is 1.30 bits per heavy atom. The van der Waals surface area contributed by atoms with Crippen molar-refractivity contribution >= 4 is 22.9 Å². The topological polar surface area (TPSA) is 49.3 Å². The molecule has 20 heavy (non-hydrogen) atoms. The van der Waals surface area contributed by atoms with E-state index >= 15 is 0 Å². The predicted molar refractivity (Wildman–Crippen MR) is 72.6 cm³/mol. The molecule has 0 spiro atoms. The fraction of sp³-hybridized carbons (Fsp3) is 0.0714. The average Bonchev–Trinajstić information content (AvgIpc) is 2.90. The molecule has 0 saturated carbocycles. The van der Waals surface area contributed by atoms with Crippen LogP contribution in [0.3, 0.4) is 0 Å². The molecule has 0 aliphatic heterocycles. The van der Waals surface area contributed by atoms with E-state index in [2.05, 4.69) is 17.2 Å². The highest BCUT2D eigenvalue weighted by Gasteiger charge is 2.13. The lowest BCUT2D eigenvalue weighted by Gasteiger charge is -2.04. The summed E-state index contributed by atoms with van der Waals surface area (Å²) in [5, 5.41) is 10.9. The fourth-order valence-electron chi connectivity index (χ4n) is 1.44. The van der Waals surface area contributed by atoms with Crippen LogP contribution < -0.4 is 5.32 Å². The zero-order valence-electron chi connectivity index (χ0n) is 10.1. The van der Waals surface area contributed by atoms with Crippen molar-refractivity contribution in [1.29, 1.82) is 0 Å². The van der Waals surface area contributed by atoms with E-state index in [1.165, 1.54) is 18.2 Å². The van der Waals surface area contributed by atoms with E-state index in [-0.39, 0.29) is 12.3 Å². The zero-order chi connectivity index (χ0) is 14.5. The molecule has 0 fully saturated rings. The molecule has 6 heteroatoms. The van der Waals surface area contributed by atoms with E-state index < -0.39 is 17.5 Å². The minimum atomic E-state index is -1.10. The Labute approximate surface area is 117 Å². The van der Waals surface area contributed by atoms with Gasteiger partial charge in [0.25, 0.3) is 5.91 Å². The molecule has 1 aromatic heterocycles. The lowest BCUT2D eigenvalue weighted by molar-refractivity contribution is 0.103. The number of halogens is 2. The number of amides is 1. The summed E-state index contributed by atoms with van der Waals surface area (Å²) in [4.78, 5) is 12.8. The lowest BCUT2D eigenvalue weighted by Crippen LogP contribution is -2.11. The molecule has 2 N–H and O–H groups in total. The monoisotopic (exact) mass is 293 g/mol. The van der Waals surface area contributed by atoms with Gasteiger partial charge in [-0.2, -0.15) is 0 Å². The molecule has 1 heterocycles. The summed E-state index contributed by atoms with van der Waals surface area (Å²) in [6.07, 6.45) is 0. The van der Waals surface area contributed by atoms with Gasteiger partial charge in [0.2, 0.25) is 0 Å². The number of hydrogen-bond donors (Lipinski definition) is 2. The van der Waals surface area contributed by atoms with Crippen molar-refractivity contribution in [1.82, 2.24) is 0 Å². The fourth-order valence-corrected chi connectivity index (χ4v) is 2.21. The predicted octanol–water partition coefficient (Wildman–Crippen LogP) is 2.62. The number of carbonyl (C=O) groups is 1. The number of nitrogens with one attached hydrogen (secondary N) is 1. The number of anilines is 1. The first-order chi connectivity index (χ1) is 9.61. The van der Waals surface area contributed by atoms with Crippen LogP contribution in [0.25, 0.3) is 0 Å². The number of thiophene rings is 1. The van der Waals surface area contributed by atoms with Gasteiger partial charge in [-0.25, -0.2) is 8.78 Å². The second-order valence-electron chi connectivity index (χ2n) is 3.68. The number of hydrogen-bond acceptors (Lipinski definition) is 3. The van der Waals surface area contributed by atoms with Crippen LogP contribution in [0.15, 0.2) is 30.3 Å². The van der Waals surface area contributed by atoms with Gasteiger partial charge in [0.15, 0.2) is 11.6 Å². The Bertz CT molecular complexity index is 701. The molecule has 1 aromatic carbocycles. The van der Waals surface area contributed by atoms with E-state index in [4.69, 9.17) is 5.11 Å². The van der Waals surface area contributed by atoms with Gasteiger partial charge in [-0.1, -0.05) is 17.9 Å². The summed E-state index contributed by atoms with van der Waals surface area (Å²) in [6, 6.07) is 6.69. The largest absolute Gasteiger partial charge is 0.384 e. The summed E-state index contributed by atoms with van der Waals surface area (Å²) < 4.78 is 26.4. The molecule has 0 bridgehead atoms. The molecular weight excluding hydrogens is 284 g/mol.